The second kappa shape index (κ2) is 5.57. The molecule has 0 unspecified atom stereocenters. The second-order valence-electron chi connectivity index (χ2n) is 2.27. The van der Waals surface area contributed by atoms with Gasteiger partial charge in [-0.15, -0.1) is 0 Å². The number of rotatable bonds is 3. The predicted octanol–water partition coefficient (Wildman–Crippen LogP) is -2.43. The molecule has 0 aliphatic heterocycles. The summed E-state index contributed by atoms with van der Waals surface area (Å²) in [5.41, 5.74) is 0.802. The minimum Gasteiger partial charge on any atom is -0.716 e. The van der Waals surface area contributed by atoms with Crippen molar-refractivity contribution >= 4 is 16.1 Å². The smallest absolute Gasteiger partial charge is 0.716 e. The van der Waals surface area contributed by atoms with Crippen molar-refractivity contribution < 1.29 is 46.7 Å². The molecular formula is C7H8NNaO4S. The summed E-state index contributed by atoms with van der Waals surface area (Å²) in [6.07, 6.45) is 0. The van der Waals surface area contributed by atoms with Gasteiger partial charge in [0.1, 0.15) is 5.75 Å². The molecule has 0 aromatic heterocycles. The topological polar surface area (TPSA) is 78.5 Å². The fraction of sp³-hybridized carbons (Fsp3) is 0.143. The van der Waals surface area contributed by atoms with E-state index < -0.39 is 10.4 Å². The van der Waals surface area contributed by atoms with Crippen LogP contribution in [0, 0.1) is 0 Å². The maximum Gasteiger partial charge on any atom is 1.00 e. The Hall–Kier alpha value is -0.270. The SMILES string of the molecule is CNc1ccc(OS(=O)(=O)[O-])cc1.[Na+]. The van der Waals surface area contributed by atoms with E-state index in [4.69, 9.17) is 0 Å². The van der Waals surface area contributed by atoms with Crippen LogP contribution >= 0.6 is 0 Å². The quantitative estimate of drug-likeness (QED) is 0.351. The molecule has 0 fully saturated rings. The second-order valence-corrected chi connectivity index (χ2v) is 3.25. The first-order valence-electron chi connectivity index (χ1n) is 3.44. The molecule has 0 radical (unpaired) electrons. The zero-order chi connectivity index (χ0) is 9.90. The van der Waals surface area contributed by atoms with Crippen molar-refractivity contribution in [1.82, 2.24) is 0 Å². The van der Waals surface area contributed by atoms with Gasteiger partial charge in [-0.25, -0.2) is 8.42 Å². The van der Waals surface area contributed by atoms with Crippen LogP contribution in [0.2, 0.25) is 0 Å². The van der Waals surface area contributed by atoms with E-state index in [1.54, 1.807) is 19.2 Å². The van der Waals surface area contributed by atoms with Gasteiger partial charge in [0, 0.05) is 12.7 Å². The van der Waals surface area contributed by atoms with Crippen molar-refractivity contribution in [3.8, 4) is 5.75 Å². The molecule has 7 heteroatoms. The van der Waals surface area contributed by atoms with E-state index in [0.29, 0.717) is 0 Å². The van der Waals surface area contributed by atoms with Gasteiger partial charge in [-0.1, -0.05) is 0 Å². The summed E-state index contributed by atoms with van der Waals surface area (Å²) in [5.74, 6) is 0.00833. The predicted molar refractivity (Wildman–Crippen MR) is 46.3 cm³/mol. The summed E-state index contributed by atoms with van der Waals surface area (Å²) in [6, 6.07) is 5.98. The molecule has 1 N–H and O–H groups in total. The molecule has 72 valence electrons. The largest absolute Gasteiger partial charge is 1.00 e. The molecule has 0 atom stereocenters. The summed E-state index contributed by atoms with van der Waals surface area (Å²) in [6.45, 7) is 0. The number of nitrogens with one attached hydrogen (secondary N) is 1. The monoisotopic (exact) mass is 225 g/mol. The molecular weight excluding hydrogens is 217 g/mol. The van der Waals surface area contributed by atoms with Crippen LogP contribution in [0.1, 0.15) is 0 Å². The molecule has 1 aromatic carbocycles. The molecule has 0 saturated carbocycles. The standard InChI is InChI=1S/C7H9NO4S.Na/c1-8-6-2-4-7(5-3-6)12-13(9,10)11;/h2-5,8H,1H3,(H,9,10,11);/q;+1/p-1. The van der Waals surface area contributed by atoms with Gasteiger partial charge in [0.15, 0.2) is 0 Å². The maximum atomic E-state index is 10.2. The van der Waals surface area contributed by atoms with Crippen LogP contribution in [0.25, 0.3) is 0 Å². The van der Waals surface area contributed by atoms with Gasteiger partial charge >= 0.3 is 29.6 Å². The zero-order valence-corrected chi connectivity index (χ0v) is 10.7. The van der Waals surface area contributed by atoms with Crippen LogP contribution in [0.5, 0.6) is 5.75 Å². The van der Waals surface area contributed by atoms with Gasteiger partial charge in [0.05, 0.1) is 0 Å². The van der Waals surface area contributed by atoms with Gasteiger partial charge in [0.2, 0.25) is 0 Å². The Morgan fingerprint density at radius 2 is 1.79 bits per heavy atom. The van der Waals surface area contributed by atoms with E-state index in [-0.39, 0.29) is 35.3 Å². The van der Waals surface area contributed by atoms with Gasteiger partial charge in [-0.3, -0.25) is 0 Å². The Morgan fingerprint density at radius 1 is 1.29 bits per heavy atom. The molecule has 0 spiro atoms. The fourth-order valence-electron chi connectivity index (χ4n) is 0.795. The van der Waals surface area contributed by atoms with Gasteiger partial charge in [-0.05, 0) is 24.3 Å². The van der Waals surface area contributed by atoms with Crippen LogP contribution in [-0.4, -0.2) is 20.0 Å². The van der Waals surface area contributed by atoms with Crippen molar-refractivity contribution in [3.63, 3.8) is 0 Å². The third-order valence-corrected chi connectivity index (χ3v) is 1.74. The van der Waals surface area contributed by atoms with Crippen LogP contribution in [0.3, 0.4) is 0 Å². The van der Waals surface area contributed by atoms with E-state index in [0.717, 1.165) is 5.69 Å². The minimum atomic E-state index is -4.67. The molecule has 1 aromatic rings. The van der Waals surface area contributed by atoms with E-state index in [9.17, 15) is 13.0 Å². The third-order valence-electron chi connectivity index (χ3n) is 1.34. The van der Waals surface area contributed by atoms with Crippen LogP contribution in [0.4, 0.5) is 5.69 Å². The molecule has 0 saturated heterocycles. The first-order valence-corrected chi connectivity index (χ1v) is 4.78. The van der Waals surface area contributed by atoms with Gasteiger partial charge < -0.3 is 14.1 Å². The van der Waals surface area contributed by atoms with Crippen LogP contribution < -0.4 is 39.1 Å². The number of hydrogen-bond donors (Lipinski definition) is 1. The van der Waals surface area contributed by atoms with Gasteiger partial charge in [-0.2, -0.15) is 0 Å². The first-order chi connectivity index (χ1) is 6.01. The minimum absolute atomic E-state index is 0. The van der Waals surface area contributed by atoms with Crippen LogP contribution in [-0.2, 0) is 10.4 Å². The third kappa shape index (κ3) is 4.83. The molecule has 5 nitrogen and oxygen atoms in total. The molecule has 0 amide bonds. The van der Waals surface area contributed by atoms with Crippen molar-refractivity contribution in [2.45, 2.75) is 0 Å². The molecule has 0 heterocycles. The van der Waals surface area contributed by atoms with Crippen molar-refractivity contribution in [1.29, 1.82) is 0 Å². The Kier molecular flexibility index (Phi) is 5.46. The molecule has 14 heavy (non-hydrogen) atoms. The Bertz CT molecular complexity index is 375. The molecule has 0 aliphatic carbocycles. The average molecular weight is 225 g/mol. The summed E-state index contributed by atoms with van der Waals surface area (Å²) >= 11 is 0. The van der Waals surface area contributed by atoms with Crippen molar-refractivity contribution in [3.05, 3.63) is 24.3 Å². The average Bonchev–Trinajstić information content (AvgIpc) is 2.03. The van der Waals surface area contributed by atoms with E-state index in [2.05, 4.69) is 9.50 Å². The Balaban J connectivity index is 0.00000169. The van der Waals surface area contributed by atoms with Gasteiger partial charge in [0.25, 0.3) is 10.4 Å². The van der Waals surface area contributed by atoms with Crippen LogP contribution in [0.15, 0.2) is 24.3 Å². The van der Waals surface area contributed by atoms with E-state index in [1.165, 1.54) is 12.1 Å². The Labute approximate surface area is 105 Å². The van der Waals surface area contributed by atoms with E-state index in [1.807, 2.05) is 0 Å². The summed E-state index contributed by atoms with van der Waals surface area (Å²) in [4.78, 5) is 0. The zero-order valence-electron chi connectivity index (χ0n) is 7.85. The molecule has 0 aliphatic rings. The normalized spacial score (nSPS) is 10.1. The molecule has 1 rings (SSSR count). The van der Waals surface area contributed by atoms with Crippen molar-refractivity contribution in [2.75, 3.05) is 12.4 Å². The van der Waals surface area contributed by atoms with E-state index >= 15 is 0 Å². The van der Waals surface area contributed by atoms with Crippen molar-refractivity contribution in [2.24, 2.45) is 0 Å². The number of benzene rings is 1. The first kappa shape index (κ1) is 13.7. The Morgan fingerprint density at radius 3 is 2.14 bits per heavy atom. The summed E-state index contributed by atoms with van der Waals surface area (Å²) in [7, 11) is -2.94. The summed E-state index contributed by atoms with van der Waals surface area (Å²) < 4.78 is 34.6. The maximum absolute atomic E-state index is 10.2. The summed E-state index contributed by atoms with van der Waals surface area (Å²) in [5, 5.41) is 2.83. The molecule has 0 bridgehead atoms. The number of hydrogen-bond acceptors (Lipinski definition) is 5. The fourth-order valence-corrected chi connectivity index (χ4v) is 1.14. The number of anilines is 1.